The largest absolute Gasteiger partial charge is 0.354 e. The van der Waals surface area contributed by atoms with Crippen molar-refractivity contribution in [2.24, 2.45) is 11.8 Å². The van der Waals surface area contributed by atoms with Crippen molar-refractivity contribution in [2.45, 2.75) is 24.0 Å². The predicted molar refractivity (Wildman–Crippen MR) is 78.5 cm³/mol. The molecule has 2 atom stereocenters. The second-order valence-corrected chi connectivity index (χ2v) is 5.77. The second kappa shape index (κ2) is 5.45. The third-order valence-electron chi connectivity index (χ3n) is 3.92. The van der Waals surface area contributed by atoms with Crippen LogP contribution in [0.15, 0.2) is 11.2 Å². The van der Waals surface area contributed by atoms with E-state index in [1.54, 1.807) is 0 Å². The minimum Gasteiger partial charge on any atom is -0.354 e. The van der Waals surface area contributed by atoms with Crippen molar-refractivity contribution in [1.29, 1.82) is 0 Å². The van der Waals surface area contributed by atoms with Gasteiger partial charge < -0.3 is 15.6 Å². The quantitative estimate of drug-likeness (QED) is 0.317. The molecule has 2 aliphatic heterocycles. The first-order chi connectivity index (χ1) is 9.72. The minimum absolute atomic E-state index is 0.0748. The van der Waals surface area contributed by atoms with E-state index in [0.29, 0.717) is 17.5 Å². The molecule has 2 aliphatic rings. The molecule has 3 rings (SSSR count). The number of hydrogen-bond donors (Lipinski definition) is 3. The molecule has 1 amide bonds. The minimum atomic E-state index is 0.0748. The molecule has 7 nitrogen and oxygen atoms in total. The Morgan fingerprint density at radius 3 is 3.15 bits per heavy atom. The number of rotatable bonds is 3. The molecule has 1 aromatic heterocycles. The Bertz CT molecular complexity index is 502. The molecule has 0 aromatic carbocycles. The number of piperidine rings is 1. The smallest absolute Gasteiger partial charge is 0.225 e. The molecule has 2 unspecified atom stereocenters. The number of nitrogens with one attached hydrogen (secondary N) is 2. The second-order valence-electron chi connectivity index (χ2n) is 5.00. The number of anilines is 2. The van der Waals surface area contributed by atoms with Gasteiger partial charge >= 0.3 is 0 Å². The summed E-state index contributed by atoms with van der Waals surface area (Å²) in [6.07, 6.45) is 3.88. The van der Waals surface area contributed by atoms with Crippen molar-refractivity contribution in [3.05, 3.63) is 6.07 Å². The van der Waals surface area contributed by atoms with Gasteiger partial charge in [-0.25, -0.2) is 15.8 Å². The van der Waals surface area contributed by atoms with Crippen molar-refractivity contribution < 1.29 is 4.79 Å². The molecule has 0 aliphatic carbocycles. The van der Waals surface area contributed by atoms with E-state index >= 15 is 0 Å². The fraction of sp³-hybridized carbons (Fsp3) is 0.583. The van der Waals surface area contributed by atoms with E-state index in [4.69, 9.17) is 5.84 Å². The fourth-order valence-electron chi connectivity index (χ4n) is 2.96. The summed E-state index contributed by atoms with van der Waals surface area (Å²) < 4.78 is 0. The first-order valence-electron chi connectivity index (χ1n) is 6.67. The Labute approximate surface area is 121 Å². The first-order valence-corrected chi connectivity index (χ1v) is 7.89. The van der Waals surface area contributed by atoms with Crippen LogP contribution in [0.1, 0.15) is 12.8 Å². The Kier molecular flexibility index (Phi) is 3.66. The van der Waals surface area contributed by atoms with Crippen LogP contribution in [-0.4, -0.2) is 41.3 Å². The van der Waals surface area contributed by atoms with Crippen molar-refractivity contribution in [1.82, 2.24) is 15.3 Å². The zero-order valence-corrected chi connectivity index (χ0v) is 12.1. The number of hydrogen-bond acceptors (Lipinski definition) is 7. The number of carbonyl (C=O) groups excluding carboxylic acids is 1. The molecule has 108 valence electrons. The number of aromatic nitrogens is 2. The van der Waals surface area contributed by atoms with Gasteiger partial charge in [-0.3, -0.25) is 4.79 Å². The van der Waals surface area contributed by atoms with Crippen LogP contribution in [0, 0.1) is 5.92 Å². The van der Waals surface area contributed by atoms with Crippen LogP contribution < -0.4 is 21.5 Å². The van der Waals surface area contributed by atoms with Gasteiger partial charge in [-0.05, 0) is 19.1 Å². The summed E-state index contributed by atoms with van der Waals surface area (Å²) in [4.78, 5) is 22.9. The van der Waals surface area contributed by atoms with E-state index in [-0.39, 0.29) is 17.9 Å². The number of hydrazine groups is 1. The van der Waals surface area contributed by atoms with Crippen LogP contribution in [0.2, 0.25) is 0 Å². The lowest BCUT2D eigenvalue weighted by molar-refractivity contribution is -0.122. The molecular formula is C12H18N6OS. The third kappa shape index (κ3) is 2.29. The van der Waals surface area contributed by atoms with E-state index in [1.807, 2.05) is 12.3 Å². The van der Waals surface area contributed by atoms with Gasteiger partial charge in [0.2, 0.25) is 5.91 Å². The molecule has 0 radical (unpaired) electrons. The maximum atomic E-state index is 11.8. The van der Waals surface area contributed by atoms with E-state index in [1.165, 1.54) is 11.8 Å². The number of amides is 1. The van der Waals surface area contributed by atoms with Crippen LogP contribution in [0.5, 0.6) is 0 Å². The monoisotopic (exact) mass is 294 g/mol. The molecule has 0 spiro atoms. The van der Waals surface area contributed by atoms with Gasteiger partial charge in [-0.15, -0.1) is 0 Å². The highest BCUT2D eigenvalue weighted by molar-refractivity contribution is 7.98. The van der Waals surface area contributed by atoms with Crippen molar-refractivity contribution in [3.63, 3.8) is 0 Å². The van der Waals surface area contributed by atoms with Crippen molar-refractivity contribution in [2.75, 3.05) is 29.7 Å². The summed E-state index contributed by atoms with van der Waals surface area (Å²) >= 11 is 1.48. The molecule has 2 saturated heterocycles. The van der Waals surface area contributed by atoms with Crippen LogP contribution in [0.4, 0.5) is 11.6 Å². The predicted octanol–water partition coefficient (Wildman–Crippen LogP) is 0.199. The topological polar surface area (TPSA) is 96.2 Å². The average molecular weight is 294 g/mol. The van der Waals surface area contributed by atoms with E-state index < -0.39 is 0 Å². The molecule has 0 bridgehead atoms. The summed E-state index contributed by atoms with van der Waals surface area (Å²) in [7, 11) is 0. The molecule has 4 N–H and O–H groups in total. The van der Waals surface area contributed by atoms with Gasteiger partial charge in [-0.2, -0.15) is 0 Å². The summed E-state index contributed by atoms with van der Waals surface area (Å²) in [5.74, 6) is 7.14. The lowest BCUT2D eigenvalue weighted by Crippen LogP contribution is -2.46. The van der Waals surface area contributed by atoms with E-state index in [9.17, 15) is 4.79 Å². The third-order valence-corrected chi connectivity index (χ3v) is 4.47. The number of nitrogens with zero attached hydrogens (tertiary/aromatic N) is 3. The number of nitrogen functional groups attached to an aromatic ring is 1. The Balaban J connectivity index is 1.93. The van der Waals surface area contributed by atoms with Gasteiger partial charge in [-0.1, -0.05) is 11.8 Å². The summed E-state index contributed by atoms with van der Waals surface area (Å²) in [5.41, 5.74) is 2.58. The van der Waals surface area contributed by atoms with E-state index in [0.717, 1.165) is 25.2 Å². The molecule has 20 heavy (non-hydrogen) atoms. The standard InChI is InChI=1S/C12H18N6OS/c1-20-12-15-9(17-13)5-10(16-12)18-4-2-3-7-8(18)6-14-11(7)19/h5,7-8H,2-4,6,13H2,1H3,(H,14,19)(H,15,16,17). The number of fused-ring (bicyclic) bond motifs is 1. The Morgan fingerprint density at radius 1 is 1.55 bits per heavy atom. The molecular weight excluding hydrogens is 276 g/mol. The summed E-state index contributed by atoms with van der Waals surface area (Å²) in [6, 6.07) is 2.02. The zero-order valence-electron chi connectivity index (χ0n) is 11.3. The van der Waals surface area contributed by atoms with Crippen LogP contribution in [0.3, 0.4) is 0 Å². The van der Waals surface area contributed by atoms with Crippen molar-refractivity contribution >= 4 is 29.3 Å². The first kappa shape index (κ1) is 13.4. The van der Waals surface area contributed by atoms with Gasteiger partial charge in [0, 0.05) is 19.2 Å². The maximum absolute atomic E-state index is 11.8. The van der Waals surface area contributed by atoms with Gasteiger partial charge in [0.05, 0.1) is 12.0 Å². The highest BCUT2D eigenvalue weighted by Crippen LogP contribution is 2.32. The molecule has 2 fully saturated rings. The SMILES string of the molecule is CSc1nc(NN)cc(N2CCCC3C(=O)NCC32)n1. The summed E-state index contributed by atoms with van der Waals surface area (Å²) in [5, 5.41) is 3.62. The Morgan fingerprint density at radius 2 is 2.40 bits per heavy atom. The van der Waals surface area contributed by atoms with Crippen LogP contribution in [-0.2, 0) is 4.79 Å². The molecule has 1 aromatic rings. The molecule has 8 heteroatoms. The van der Waals surface area contributed by atoms with Crippen LogP contribution in [0.25, 0.3) is 0 Å². The highest BCUT2D eigenvalue weighted by Gasteiger charge is 2.41. The lowest BCUT2D eigenvalue weighted by Gasteiger charge is -2.36. The number of nitrogens with two attached hydrogens (primary N) is 1. The van der Waals surface area contributed by atoms with Crippen LogP contribution >= 0.6 is 11.8 Å². The lowest BCUT2D eigenvalue weighted by atomic mass is 9.91. The number of carbonyl (C=O) groups is 1. The molecule has 3 heterocycles. The van der Waals surface area contributed by atoms with Gasteiger partial charge in [0.15, 0.2) is 5.16 Å². The fourth-order valence-corrected chi connectivity index (χ4v) is 3.34. The van der Waals surface area contributed by atoms with Crippen molar-refractivity contribution in [3.8, 4) is 0 Å². The zero-order chi connectivity index (χ0) is 14.1. The average Bonchev–Trinajstić information content (AvgIpc) is 2.88. The highest BCUT2D eigenvalue weighted by atomic mass is 32.2. The molecule has 0 saturated carbocycles. The normalized spacial score (nSPS) is 25.3. The number of thioether (sulfide) groups is 1. The summed E-state index contributed by atoms with van der Waals surface area (Å²) in [6.45, 7) is 1.60. The van der Waals surface area contributed by atoms with Gasteiger partial charge in [0.25, 0.3) is 0 Å². The Hall–Kier alpha value is -1.54. The van der Waals surface area contributed by atoms with Gasteiger partial charge in [0.1, 0.15) is 11.6 Å². The maximum Gasteiger partial charge on any atom is 0.225 e. The van der Waals surface area contributed by atoms with E-state index in [2.05, 4.69) is 25.6 Å².